The van der Waals surface area contributed by atoms with Crippen LogP contribution in [0.5, 0.6) is 5.75 Å². The molecule has 0 radical (unpaired) electrons. The second-order valence-corrected chi connectivity index (χ2v) is 9.52. The summed E-state index contributed by atoms with van der Waals surface area (Å²) < 4.78 is 7.62. The summed E-state index contributed by atoms with van der Waals surface area (Å²) >= 11 is 0. The van der Waals surface area contributed by atoms with Crippen molar-refractivity contribution in [1.29, 1.82) is 0 Å². The molecule has 37 heavy (non-hydrogen) atoms. The molecule has 4 N–H and O–H groups in total. The molecule has 1 fully saturated rings. The lowest BCUT2D eigenvalue weighted by molar-refractivity contribution is 0.102. The number of pyridine rings is 1. The summed E-state index contributed by atoms with van der Waals surface area (Å²) in [5, 5.41) is 12.8. The van der Waals surface area contributed by atoms with E-state index >= 15 is 0 Å². The average Bonchev–Trinajstić information content (AvgIpc) is 3.30. The fraction of sp³-hybridized carbons (Fsp3) is 0.357. The molecule has 5 rings (SSSR count). The van der Waals surface area contributed by atoms with Gasteiger partial charge in [0.2, 0.25) is 0 Å². The molecular weight excluding hydrogens is 468 g/mol. The lowest BCUT2D eigenvalue weighted by atomic mass is 9.87. The van der Waals surface area contributed by atoms with Crippen molar-refractivity contribution in [3.63, 3.8) is 0 Å². The van der Waals surface area contributed by atoms with Crippen LogP contribution in [0.1, 0.15) is 66.7 Å². The van der Waals surface area contributed by atoms with E-state index in [0.717, 1.165) is 61.0 Å². The van der Waals surface area contributed by atoms with Crippen molar-refractivity contribution >= 4 is 23.1 Å². The summed E-state index contributed by atoms with van der Waals surface area (Å²) in [6, 6.07) is 9.23. The van der Waals surface area contributed by atoms with E-state index in [1.807, 2.05) is 28.8 Å². The van der Waals surface area contributed by atoms with Crippen molar-refractivity contribution in [3.8, 4) is 17.0 Å². The third-order valence-electron chi connectivity index (χ3n) is 7.00. The van der Waals surface area contributed by atoms with Gasteiger partial charge in [-0.1, -0.05) is 19.4 Å². The van der Waals surface area contributed by atoms with Crippen LogP contribution < -0.4 is 15.8 Å². The molecule has 0 saturated heterocycles. The summed E-state index contributed by atoms with van der Waals surface area (Å²) in [7, 11) is 1.54. The predicted octanol–water partition coefficient (Wildman–Crippen LogP) is 4.61. The first-order valence-corrected chi connectivity index (χ1v) is 12.7. The maximum Gasteiger partial charge on any atom is 0.260 e. The number of nitrogens with one attached hydrogen (secondary N) is 1. The number of carbonyl (C=O) groups excluding carboxylic acids is 1. The minimum atomic E-state index is -0.304. The highest BCUT2D eigenvalue weighted by Crippen LogP contribution is 2.38. The molecule has 192 valence electrons. The number of carbonyl (C=O) groups is 1. The summed E-state index contributed by atoms with van der Waals surface area (Å²) in [6.07, 6.45) is 10.2. The fourth-order valence-electron chi connectivity index (χ4n) is 5.11. The minimum absolute atomic E-state index is 0.217. The number of benzene rings is 1. The van der Waals surface area contributed by atoms with Crippen LogP contribution in [0.25, 0.3) is 16.8 Å². The number of amides is 1. The first-order chi connectivity index (χ1) is 18.0. The van der Waals surface area contributed by atoms with E-state index in [9.17, 15) is 9.90 Å². The third kappa shape index (κ3) is 4.99. The molecule has 1 aliphatic rings. The van der Waals surface area contributed by atoms with Gasteiger partial charge in [-0.15, -0.1) is 0 Å². The van der Waals surface area contributed by atoms with Gasteiger partial charge in [0.15, 0.2) is 0 Å². The second kappa shape index (κ2) is 10.6. The molecule has 1 aromatic carbocycles. The molecule has 9 nitrogen and oxygen atoms in total. The van der Waals surface area contributed by atoms with Crippen LogP contribution in [0.3, 0.4) is 0 Å². The fourth-order valence-corrected chi connectivity index (χ4v) is 5.11. The van der Waals surface area contributed by atoms with Crippen molar-refractivity contribution in [3.05, 3.63) is 65.9 Å². The third-order valence-corrected chi connectivity index (χ3v) is 7.00. The molecule has 0 aliphatic heterocycles. The average molecular weight is 501 g/mol. The molecule has 0 bridgehead atoms. The number of aliphatic hydroxyl groups excluding tert-OH is 1. The number of aliphatic hydroxyl groups is 1. The number of anilines is 2. The van der Waals surface area contributed by atoms with E-state index in [4.69, 9.17) is 15.5 Å². The summed E-state index contributed by atoms with van der Waals surface area (Å²) in [6.45, 7) is 2.11. The maximum absolute atomic E-state index is 13.1. The Labute approximate surface area is 215 Å². The van der Waals surface area contributed by atoms with Gasteiger partial charge in [0.1, 0.15) is 34.4 Å². The molecule has 1 amide bonds. The molecule has 3 aromatic heterocycles. The van der Waals surface area contributed by atoms with Crippen LogP contribution in [0.2, 0.25) is 0 Å². The van der Waals surface area contributed by atoms with Gasteiger partial charge in [-0.2, -0.15) is 0 Å². The number of aryl methyl sites for hydroxylation is 1. The molecule has 0 spiro atoms. The number of imidazole rings is 1. The number of nitrogens with two attached hydrogens (primary N) is 1. The normalized spacial score (nSPS) is 17.6. The summed E-state index contributed by atoms with van der Waals surface area (Å²) in [4.78, 5) is 26.7. The number of aromatic nitrogens is 4. The summed E-state index contributed by atoms with van der Waals surface area (Å²) in [5.41, 5.74) is 10.0. The van der Waals surface area contributed by atoms with Crippen LogP contribution in [0.4, 0.5) is 11.6 Å². The highest BCUT2D eigenvalue weighted by atomic mass is 16.5. The number of hydrogen-bond donors (Lipinski definition) is 3. The number of nitrogens with zero attached hydrogens (tertiary/aromatic N) is 4. The largest absolute Gasteiger partial charge is 0.496 e. The highest BCUT2D eigenvalue weighted by molar-refractivity contribution is 6.06. The van der Waals surface area contributed by atoms with Gasteiger partial charge in [0, 0.05) is 30.1 Å². The smallest absolute Gasteiger partial charge is 0.260 e. The van der Waals surface area contributed by atoms with Crippen molar-refractivity contribution < 1.29 is 14.6 Å². The Morgan fingerprint density at radius 2 is 1.97 bits per heavy atom. The number of rotatable bonds is 7. The molecule has 4 aromatic rings. The van der Waals surface area contributed by atoms with Gasteiger partial charge in [-0.3, -0.25) is 9.20 Å². The standard InChI is InChI=1S/C28H32N6O3/c1-3-4-17-11-12-30-23(15-17)32-28(36)21-10-7-19(16-22(21)37-2)24-25-26(29)31-13-14-34(25)27(33-24)18-5-8-20(35)9-6-18/h7,10-16,18,20,35H,3-6,8-9H2,1-2H3,(H2,29,31)(H,30,32,36). The van der Waals surface area contributed by atoms with Crippen molar-refractivity contribution in [2.75, 3.05) is 18.2 Å². The quantitative estimate of drug-likeness (QED) is 0.338. The Morgan fingerprint density at radius 1 is 1.16 bits per heavy atom. The Morgan fingerprint density at radius 3 is 2.73 bits per heavy atom. The van der Waals surface area contributed by atoms with E-state index in [2.05, 4.69) is 22.2 Å². The van der Waals surface area contributed by atoms with Crippen molar-refractivity contribution in [2.45, 2.75) is 57.5 Å². The van der Waals surface area contributed by atoms with Crippen LogP contribution >= 0.6 is 0 Å². The van der Waals surface area contributed by atoms with Crippen LogP contribution in [0, 0.1) is 0 Å². The SMILES string of the molecule is CCCc1ccnc(NC(=O)c2ccc(-c3nc(C4CCC(O)CC4)n4ccnc(N)c34)cc2OC)c1. The van der Waals surface area contributed by atoms with E-state index in [0.29, 0.717) is 28.6 Å². The van der Waals surface area contributed by atoms with Crippen molar-refractivity contribution in [1.82, 2.24) is 19.4 Å². The Hall–Kier alpha value is -3.98. The molecule has 9 heteroatoms. The lowest BCUT2D eigenvalue weighted by Crippen LogP contribution is -2.18. The number of ether oxygens (including phenoxy) is 1. The van der Waals surface area contributed by atoms with Crippen LogP contribution in [-0.4, -0.2) is 43.6 Å². The predicted molar refractivity (Wildman–Crippen MR) is 143 cm³/mol. The van der Waals surface area contributed by atoms with Gasteiger partial charge >= 0.3 is 0 Å². The molecule has 3 heterocycles. The van der Waals surface area contributed by atoms with Gasteiger partial charge in [-0.25, -0.2) is 15.0 Å². The van der Waals surface area contributed by atoms with Gasteiger partial charge in [0.05, 0.1) is 18.8 Å². The monoisotopic (exact) mass is 500 g/mol. The zero-order chi connectivity index (χ0) is 25.9. The molecule has 1 aliphatic carbocycles. The lowest BCUT2D eigenvalue weighted by Gasteiger charge is -2.24. The van der Waals surface area contributed by atoms with Gasteiger partial charge in [-0.05, 0) is 61.9 Å². The van der Waals surface area contributed by atoms with E-state index < -0.39 is 0 Å². The van der Waals surface area contributed by atoms with E-state index in [1.54, 1.807) is 24.5 Å². The Bertz CT molecular complexity index is 1420. The highest BCUT2D eigenvalue weighted by Gasteiger charge is 2.27. The molecule has 0 atom stereocenters. The van der Waals surface area contributed by atoms with Gasteiger partial charge in [0.25, 0.3) is 5.91 Å². The second-order valence-electron chi connectivity index (χ2n) is 9.52. The number of hydrogen-bond acceptors (Lipinski definition) is 7. The van der Waals surface area contributed by atoms with Gasteiger partial charge < -0.3 is 20.9 Å². The summed E-state index contributed by atoms with van der Waals surface area (Å²) in [5.74, 6) is 2.13. The molecule has 0 unspecified atom stereocenters. The zero-order valence-electron chi connectivity index (χ0n) is 21.1. The van der Waals surface area contributed by atoms with Crippen LogP contribution in [-0.2, 0) is 6.42 Å². The first kappa shape index (κ1) is 24.7. The number of fused-ring (bicyclic) bond motifs is 1. The van der Waals surface area contributed by atoms with Crippen molar-refractivity contribution in [2.24, 2.45) is 0 Å². The number of methoxy groups -OCH3 is 1. The van der Waals surface area contributed by atoms with E-state index in [-0.39, 0.29) is 17.9 Å². The Kier molecular flexibility index (Phi) is 7.05. The van der Waals surface area contributed by atoms with E-state index in [1.165, 1.54) is 7.11 Å². The topological polar surface area (TPSA) is 128 Å². The first-order valence-electron chi connectivity index (χ1n) is 12.7. The minimum Gasteiger partial charge on any atom is -0.496 e. The number of nitrogen functional groups attached to an aromatic ring is 1. The van der Waals surface area contributed by atoms with Crippen LogP contribution in [0.15, 0.2) is 48.9 Å². The Balaban J connectivity index is 1.49. The maximum atomic E-state index is 13.1. The zero-order valence-corrected chi connectivity index (χ0v) is 21.1. The molecule has 1 saturated carbocycles. The molecular formula is C28H32N6O3.